The fraction of sp³-hybridized carbons (Fsp3) is 1.00. The second-order valence-electron chi connectivity index (χ2n) is 6.41. The third-order valence-corrected chi connectivity index (χ3v) is 5.36. The third kappa shape index (κ3) is 3.73. The van der Waals surface area contributed by atoms with E-state index in [1.165, 1.54) is 25.7 Å². The Bertz CT molecular complexity index is 199. The van der Waals surface area contributed by atoms with Gasteiger partial charge in [-0.3, -0.25) is 0 Å². The molecule has 0 unspecified atom stereocenters. The van der Waals surface area contributed by atoms with Crippen LogP contribution in [0.4, 0.5) is 0 Å². The molecule has 0 heterocycles. The summed E-state index contributed by atoms with van der Waals surface area (Å²) in [5, 5.41) is 1.09. The molecule has 1 fully saturated rings. The van der Waals surface area contributed by atoms with E-state index in [-0.39, 0.29) is 0 Å². The Morgan fingerprint density at radius 3 is 2.19 bits per heavy atom. The monoisotopic (exact) mass is 290 g/mol. The van der Waals surface area contributed by atoms with Gasteiger partial charge in [-0.05, 0) is 43.9 Å². The van der Waals surface area contributed by atoms with Crippen molar-refractivity contribution >= 4 is 15.9 Å². The molecule has 0 aromatic carbocycles. The van der Waals surface area contributed by atoms with Crippen molar-refractivity contribution in [1.29, 1.82) is 0 Å². The average molecular weight is 291 g/mol. The molecule has 2 heteroatoms. The van der Waals surface area contributed by atoms with Crippen molar-refractivity contribution in [2.24, 2.45) is 16.7 Å². The van der Waals surface area contributed by atoms with Gasteiger partial charge in [0.15, 0.2) is 0 Å². The summed E-state index contributed by atoms with van der Waals surface area (Å²) in [4.78, 5) is 0. The fourth-order valence-electron chi connectivity index (χ4n) is 2.73. The highest BCUT2D eigenvalue weighted by atomic mass is 79.9. The maximum Gasteiger partial charge on any atom is 0.0530 e. The summed E-state index contributed by atoms with van der Waals surface area (Å²) in [5.41, 5.74) is 0.891. The predicted octanol–water partition coefficient (Wildman–Crippen LogP) is 4.64. The molecule has 96 valence electrons. The van der Waals surface area contributed by atoms with Crippen LogP contribution in [0.5, 0.6) is 0 Å². The number of hydrogen-bond donors (Lipinski definition) is 0. The minimum absolute atomic E-state index is 0.414. The first kappa shape index (κ1) is 14.5. The lowest BCUT2D eigenvalue weighted by Crippen LogP contribution is -2.37. The molecule has 0 saturated heterocycles. The van der Waals surface area contributed by atoms with Crippen LogP contribution in [0.3, 0.4) is 0 Å². The van der Waals surface area contributed by atoms with E-state index < -0.39 is 0 Å². The number of ether oxygens (including phenoxy) is 1. The smallest absolute Gasteiger partial charge is 0.0530 e. The second-order valence-corrected chi connectivity index (χ2v) is 6.97. The minimum Gasteiger partial charge on any atom is -0.381 e. The summed E-state index contributed by atoms with van der Waals surface area (Å²) in [6.07, 6.45) is 5.37. The lowest BCUT2D eigenvalue weighted by molar-refractivity contribution is 0.0156. The molecule has 0 atom stereocenters. The molecule has 0 bridgehead atoms. The van der Waals surface area contributed by atoms with Gasteiger partial charge in [0.05, 0.1) is 6.61 Å². The number of alkyl halides is 1. The van der Waals surface area contributed by atoms with Gasteiger partial charge in [-0.2, -0.15) is 0 Å². The maximum absolute atomic E-state index is 5.66. The summed E-state index contributed by atoms with van der Waals surface area (Å²) in [5.74, 6) is 0.890. The Labute approximate surface area is 109 Å². The first-order valence-corrected chi connectivity index (χ1v) is 7.69. The van der Waals surface area contributed by atoms with Crippen molar-refractivity contribution in [3.63, 3.8) is 0 Å². The van der Waals surface area contributed by atoms with Crippen molar-refractivity contribution in [1.82, 2.24) is 0 Å². The molecule has 0 aromatic rings. The van der Waals surface area contributed by atoms with Crippen LogP contribution in [0.2, 0.25) is 0 Å². The van der Waals surface area contributed by atoms with Crippen LogP contribution in [-0.2, 0) is 4.74 Å². The molecule has 1 nitrogen and oxygen atoms in total. The Morgan fingerprint density at radius 2 is 1.81 bits per heavy atom. The minimum atomic E-state index is 0.414. The van der Waals surface area contributed by atoms with Crippen LogP contribution in [0.15, 0.2) is 0 Å². The van der Waals surface area contributed by atoms with Crippen LogP contribution in [0.25, 0.3) is 0 Å². The second kappa shape index (κ2) is 5.86. The molecule has 1 rings (SSSR count). The third-order valence-electron chi connectivity index (χ3n) is 4.17. The average Bonchev–Trinajstić information content (AvgIpc) is 2.26. The van der Waals surface area contributed by atoms with E-state index in [1.54, 1.807) is 0 Å². The van der Waals surface area contributed by atoms with E-state index in [0.717, 1.165) is 24.5 Å². The first-order valence-electron chi connectivity index (χ1n) is 6.57. The van der Waals surface area contributed by atoms with E-state index in [9.17, 15) is 0 Å². The highest BCUT2D eigenvalue weighted by Gasteiger charge is 2.38. The molecule has 0 aliphatic heterocycles. The van der Waals surface area contributed by atoms with Gasteiger partial charge in [0, 0.05) is 17.4 Å². The van der Waals surface area contributed by atoms with Crippen LogP contribution in [0, 0.1) is 16.7 Å². The molecule has 0 radical (unpaired) electrons. The summed E-state index contributed by atoms with van der Waals surface area (Å²) < 4.78 is 5.66. The molecule has 16 heavy (non-hydrogen) atoms. The highest BCUT2D eigenvalue weighted by molar-refractivity contribution is 9.09. The van der Waals surface area contributed by atoms with Crippen molar-refractivity contribution in [2.45, 2.75) is 53.4 Å². The Kier molecular flexibility index (Phi) is 5.31. The molecule has 1 aliphatic rings. The van der Waals surface area contributed by atoms with Crippen LogP contribution >= 0.6 is 15.9 Å². The van der Waals surface area contributed by atoms with E-state index >= 15 is 0 Å². The van der Waals surface area contributed by atoms with Gasteiger partial charge in [0.2, 0.25) is 0 Å². The fourth-order valence-corrected chi connectivity index (χ4v) is 3.45. The maximum atomic E-state index is 5.66. The molecule has 0 N–H and O–H groups in total. The summed E-state index contributed by atoms with van der Waals surface area (Å²) >= 11 is 3.69. The van der Waals surface area contributed by atoms with Gasteiger partial charge in [-0.15, -0.1) is 0 Å². The quantitative estimate of drug-likeness (QED) is 0.686. The van der Waals surface area contributed by atoms with Gasteiger partial charge >= 0.3 is 0 Å². The Balaban J connectivity index is 2.50. The van der Waals surface area contributed by atoms with E-state index in [0.29, 0.717) is 10.8 Å². The standard InChI is InChI=1S/C14H27BrO/c1-5-16-11-14(10-15)8-6-12(7-9-14)13(2,3)4/h12H,5-11H2,1-4H3. The zero-order valence-corrected chi connectivity index (χ0v) is 12.9. The van der Waals surface area contributed by atoms with Crippen molar-refractivity contribution < 1.29 is 4.74 Å². The molecule has 1 aliphatic carbocycles. The molecular formula is C14H27BrO. The van der Waals surface area contributed by atoms with Crippen molar-refractivity contribution in [3.05, 3.63) is 0 Å². The van der Waals surface area contributed by atoms with E-state index in [1.807, 2.05) is 0 Å². The van der Waals surface area contributed by atoms with Crippen LogP contribution < -0.4 is 0 Å². The number of halogens is 1. The van der Waals surface area contributed by atoms with Crippen molar-refractivity contribution in [3.8, 4) is 0 Å². The summed E-state index contributed by atoms with van der Waals surface area (Å²) in [6, 6.07) is 0. The van der Waals surface area contributed by atoms with Gasteiger partial charge in [0.25, 0.3) is 0 Å². The first-order chi connectivity index (χ1) is 7.43. The highest BCUT2D eigenvalue weighted by Crippen LogP contribution is 2.46. The zero-order chi connectivity index (χ0) is 12.2. The Hall–Kier alpha value is 0.440. The van der Waals surface area contributed by atoms with E-state index in [2.05, 4.69) is 43.6 Å². The molecule has 0 spiro atoms. The Morgan fingerprint density at radius 1 is 1.25 bits per heavy atom. The molecule has 1 saturated carbocycles. The van der Waals surface area contributed by atoms with Crippen LogP contribution in [0.1, 0.15) is 53.4 Å². The SMILES string of the molecule is CCOCC1(CBr)CCC(C(C)(C)C)CC1. The van der Waals surface area contributed by atoms with Crippen molar-refractivity contribution in [2.75, 3.05) is 18.5 Å². The number of hydrogen-bond acceptors (Lipinski definition) is 1. The molecule has 0 amide bonds. The molecule has 0 aromatic heterocycles. The summed E-state index contributed by atoms with van der Waals surface area (Å²) in [6.45, 7) is 11.0. The van der Waals surface area contributed by atoms with Gasteiger partial charge in [-0.25, -0.2) is 0 Å². The lowest BCUT2D eigenvalue weighted by Gasteiger charge is -2.43. The largest absolute Gasteiger partial charge is 0.381 e. The van der Waals surface area contributed by atoms with Gasteiger partial charge < -0.3 is 4.74 Å². The van der Waals surface area contributed by atoms with Crippen LogP contribution in [-0.4, -0.2) is 18.5 Å². The molecular weight excluding hydrogens is 264 g/mol. The summed E-state index contributed by atoms with van der Waals surface area (Å²) in [7, 11) is 0. The normalized spacial score (nSPS) is 31.7. The topological polar surface area (TPSA) is 9.23 Å². The number of rotatable bonds is 4. The van der Waals surface area contributed by atoms with Gasteiger partial charge in [0.1, 0.15) is 0 Å². The van der Waals surface area contributed by atoms with Gasteiger partial charge in [-0.1, -0.05) is 36.7 Å². The predicted molar refractivity (Wildman–Crippen MR) is 74.1 cm³/mol. The lowest BCUT2D eigenvalue weighted by atomic mass is 9.65. The zero-order valence-electron chi connectivity index (χ0n) is 11.3. The van der Waals surface area contributed by atoms with E-state index in [4.69, 9.17) is 4.74 Å².